The van der Waals surface area contributed by atoms with Crippen molar-refractivity contribution in [2.45, 2.75) is 32.6 Å². The maximum Gasteiger partial charge on any atom is 0.264 e. The predicted octanol–water partition coefficient (Wildman–Crippen LogP) is 3.65. The molecule has 0 saturated heterocycles. The molecule has 3 rings (SSSR count). The van der Waals surface area contributed by atoms with Gasteiger partial charge in [-0.05, 0) is 49.9 Å². The molecule has 21 heavy (non-hydrogen) atoms. The number of benzene rings is 1. The number of aromatic nitrogens is 1. The summed E-state index contributed by atoms with van der Waals surface area (Å²) in [5.74, 6) is 1.15. The zero-order valence-electron chi connectivity index (χ0n) is 12.2. The van der Waals surface area contributed by atoms with Gasteiger partial charge < -0.3 is 4.74 Å². The first-order valence-electron chi connectivity index (χ1n) is 7.07. The van der Waals surface area contributed by atoms with E-state index in [9.17, 15) is 4.79 Å². The Morgan fingerprint density at radius 1 is 1.38 bits per heavy atom. The summed E-state index contributed by atoms with van der Waals surface area (Å²) < 4.78 is 5.51. The molecule has 5 heteroatoms. The van der Waals surface area contributed by atoms with E-state index in [1.54, 1.807) is 0 Å². The van der Waals surface area contributed by atoms with Gasteiger partial charge in [0.2, 0.25) is 0 Å². The minimum Gasteiger partial charge on any atom is -0.484 e. The number of thiazole rings is 1. The first-order chi connectivity index (χ1) is 10.1. The van der Waals surface area contributed by atoms with Gasteiger partial charge in [0.15, 0.2) is 11.7 Å². The lowest BCUT2D eigenvalue weighted by molar-refractivity contribution is -0.118. The van der Waals surface area contributed by atoms with Gasteiger partial charge in [0.05, 0.1) is 5.69 Å². The molecule has 0 unspecified atom stereocenters. The molecular weight excluding hydrogens is 284 g/mol. The standard InChI is InChI=1S/C16H18N2O2S/c1-10-3-6-13(7-11(10)2)20-8-15(19)18-16-17-14(9-21-16)12-4-5-12/h3,6-7,9,12H,4-5,8H2,1-2H3,(H,17,18,19). The number of amides is 1. The Balaban J connectivity index is 1.52. The number of aryl methyl sites for hydroxylation is 2. The molecular formula is C16H18N2O2S. The molecule has 1 aliphatic rings. The molecule has 110 valence electrons. The van der Waals surface area contributed by atoms with Crippen molar-refractivity contribution in [3.8, 4) is 5.75 Å². The molecule has 0 spiro atoms. The summed E-state index contributed by atoms with van der Waals surface area (Å²) in [6.45, 7) is 4.07. The van der Waals surface area contributed by atoms with Crippen molar-refractivity contribution in [3.63, 3.8) is 0 Å². The number of nitrogens with one attached hydrogen (secondary N) is 1. The maximum absolute atomic E-state index is 11.9. The molecule has 2 aromatic rings. The van der Waals surface area contributed by atoms with E-state index in [2.05, 4.69) is 10.3 Å². The first-order valence-corrected chi connectivity index (χ1v) is 7.95. The van der Waals surface area contributed by atoms with Crippen LogP contribution in [-0.2, 0) is 4.79 Å². The molecule has 1 aromatic carbocycles. The Morgan fingerprint density at radius 2 is 2.19 bits per heavy atom. The second kappa shape index (κ2) is 5.85. The number of hydrogen-bond donors (Lipinski definition) is 1. The van der Waals surface area contributed by atoms with Gasteiger partial charge >= 0.3 is 0 Å². The third-order valence-electron chi connectivity index (χ3n) is 3.61. The number of nitrogens with zero attached hydrogens (tertiary/aromatic N) is 1. The first kappa shape index (κ1) is 14.1. The number of hydrogen-bond acceptors (Lipinski definition) is 4. The third-order valence-corrected chi connectivity index (χ3v) is 4.39. The molecule has 1 aliphatic carbocycles. The fraction of sp³-hybridized carbons (Fsp3) is 0.375. The number of anilines is 1. The van der Waals surface area contributed by atoms with Crippen molar-refractivity contribution < 1.29 is 9.53 Å². The second-order valence-electron chi connectivity index (χ2n) is 5.43. The van der Waals surface area contributed by atoms with Gasteiger partial charge in [0.25, 0.3) is 5.91 Å². The van der Waals surface area contributed by atoms with Crippen molar-refractivity contribution >= 4 is 22.4 Å². The Hall–Kier alpha value is -1.88. The smallest absolute Gasteiger partial charge is 0.264 e. The van der Waals surface area contributed by atoms with Gasteiger partial charge in [-0.2, -0.15) is 0 Å². The SMILES string of the molecule is Cc1ccc(OCC(=O)Nc2nc(C3CC3)cs2)cc1C. The van der Waals surface area contributed by atoms with Crippen LogP contribution in [0.25, 0.3) is 0 Å². The van der Waals surface area contributed by atoms with Gasteiger partial charge in [0.1, 0.15) is 5.75 Å². The van der Waals surface area contributed by atoms with Crippen LogP contribution >= 0.6 is 11.3 Å². The highest BCUT2D eigenvalue weighted by molar-refractivity contribution is 7.13. The summed E-state index contributed by atoms with van der Waals surface area (Å²) in [5.41, 5.74) is 3.47. The zero-order chi connectivity index (χ0) is 14.8. The van der Waals surface area contributed by atoms with Crippen LogP contribution in [0.1, 0.15) is 35.6 Å². The lowest BCUT2D eigenvalue weighted by atomic mass is 10.1. The normalized spacial score (nSPS) is 14.0. The van der Waals surface area contributed by atoms with E-state index in [1.165, 1.54) is 29.7 Å². The monoisotopic (exact) mass is 302 g/mol. The van der Waals surface area contributed by atoms with Crippen molar-refractivity contribution in [1.82, 2.24) is 4.98 Å². The molecule has 1 N–H and O–H groups in total. The highest BCUT2D eigenvalue weighted by Crippen LogP contribution is 2.40. The quantitative estimate of drug-likeness (QED) is 0.917. The molecule has 0 aliphatic heterocycles. The minimum absolute atomic E-state index is 0.000836. The molecule has 0 bridgehead atoms. The molecule has 1 amide bonds. The summed E-state index contributed by atoms with van der Waals surface area (Å²) in [7, 11) is 0. The lowest BCUT2D eigenvalue weighted by Crippen LogP contribution is -2.20. The average molecular weight is 302 g/mol. The predicted molar refractivity (Wildman–Crippen MR) is 84.1 cm³/mol. The highest BCUT2D eigenvalue weighted by atomic mass is 32.1. The maximum atomic E-state index is 11.9. The van der Waals surface area contributed by atoms with Crippen LogP contribution in [0, 0.1) is 13.8 Å². The highest BCUT2D eigenvalue weighted by Gasteiger charge is 2.26. The van der Waals surface area contributed by atoms with Crippen LogP contribution < -0.4 is 10.1 Å². The van der Waals surface area contributed by atoms with E-state index in [-0.39, 0.29) is 12.5 Å². The summed E-state index contributed by atoms with van der Waals surface area (Å²) >= 11 is 1.47. The van der Waals surface area contributed by atoms with Crippen LogP contribution in [-0.4, -0.2) is 17.5 Å². The van der Waals surface area contributed by atoms with Crippen LogP contribution in [0.5, 0.6) is 5.75 Å². The molecule has 4 nitrogen and oxygen atoms in total. The summed E-state index contributed by atoms with van der Waals surface area (Å²) in [4.78, 5) is 16.3. The topological polar surface area (TPSA) is 51.2 Å². The Bertz CT molecular complexity index is 662. The molecule has 1 heterocycles. The van der Waals surface area contributed by atoms with E-state index in [4.69, 9.17) is 4.74 Å². The van der Waals surface area contributed by atoms with E-state index >= 15 is 0 Å². The summed E-state index contributed by atoms with van der Waals surface area (Å²) in [6, 6.07) is 5.81. The third kappa shape index (κ3) is 3.61. The average Bonchev–Trinajstić information content (AvgIpc) is 3.21. The van der Waals surface area contributed by atoms with Crippen LogP contribution in [0.3, 0.4) is 0 Å². The zero-order valence-corrected chi connectivity index (χ0v) is 13.0. The molecule has 1 aromatic heterocycles. The number of carbonyl (C=O) groups is 1. The minimum atomic E-state index is -0.176. The van der Waals surface area contributed by atoms with E-state index < -0.39 is 0 Å². The van der Waals surface area contributed by atoms with E-state index in [0.29, 0.717) is 16.8 Å². The van der Waals surface area contributed by atoms with E-state index in [1.807, 2.05) is 37.4 Å². The number of ether oxygens (including phenoxy) is 1. The number of rotatable bonds is 5. The van der Waals surface area contributed by atoms with E-state index in [0.717, 1.165) is 11.3 Å². The van der Waals surface area contributed by atoms with Crippen LogP contribution in [0.4, 0.5) is 5.13 Å². The fourth-order valence-electron chi connectivity index (χ4n) is 2.02. The van der Waals surface area contributed by atoms with Gasteiger partial charge in [-0.25, -0.2) is 4.98 Å². The summed E-state index contributed by atoms with van der Waals surface area (Å²) in [6.07, 6.45) is 2.43. The largest absolute Gasteiger partial charge is 0.484 e. The van der Waals surface area contributed by atoms with Gasteiger partial charge in [-0.15, -0.1) is 11.3 Å². The molecule has 1 saturated carbocycles. The lowest BCUT2D eigenvalue weighted by Gasteiger charge is -2.07. The van der Waals surface area contributed by atoms with Gasteiger partial charge in [0, 0.05) is 11.3 Å². The van der Waals surface area contributed by atoms with Crippen molar-refractivity contribution in [2.24, 2.45) is 0 Å². The van der Waals surface area contributed by atoms with Gasteiger partial charge in [-0.1, -0.05) is 6.07 Å². The molecule has 0 atom stereocenters. The fourth-order valence-corrected chi connectivity index (χ4v) is 2.83. The van der Waals surface area contributed by atoms with Crippen LogP contribution in [0.15, 0.2) is 23.6 Å². The molecule has 1 fully saturated rings. The Labute approximate surface area is 128 Å². The van der Waals surface area contributed by atoms with Crippen LogP contribution in [0.2, 0.25) is 0 Å². The Kier molecular flexibility index (Phi) is 3.92. The van der Waals surface area contributed by atoms with Crippen molar-refractivity contribution in [1.29, 1.82) is 0 Å². The van der Waals surface area contributed by atoms with Crippen molar-refractivity contribution in [2.75, 3.05) is 11.9 Å². The summed E-state index contributed by atoms with van der Waals surface area (Å²) in [5, 5.41) is 5.47. The number of carbonyl (C=O) groups excluding carboxylic acids is 1. The molecule has 0 radical (unpaired) electrons. The van der Waals surface area contributed by atoms with Crippen molar-refractivity contribution in [3.05, 3.63) is 40.4 Å². The second-order valence-corrected chi connectivity index (χ2v) is 6.29. The van der Waals surface area contributed by atoms with Gasteiger partial charge in [-0.3, -0.25) is 10.1 Å². The Morgan fingerprint density at radius 3 is 2.90 bits per heavy atom.